The molecule has 6 heteroatoms. The quantitative estimate of drug-likeness (QED) is 0.730. The van der Waals surface area contributed by atoms with Gasteiger partial charge in [0, 0.05) is 44.2 Å². The number of hydrogen-bond acceptors (Lipinski definition) is 4. The van der Waals surface area contributed by atoms with Gasteiger partial charge in [-0.15, -0.1) is 0 Å². The number of carbonyl (C=O) groups is 1. The Balaban J connectivity index is 1.52. The SMILES string of the molecule is Cc1oc(C2CC2)cc1C(=O)N(CCN1CCOCC1)Cc1ccccc1F. The highest BCUT2D eigenvalue weighted by Crippen LogP contribution is 2.41. The van der Waals surface area contributed by atoms with E-state index in [4.69, 9.17) is 9.15 Å². The summed E-state index contributed by atoms with van der Waals surface area (Å²) in [4.78, 5) is 17.3. The highest BCUT2D eigenvalue weighted by atomic mass is 19.1. The molecule has 2 heterocycles. The third-order valence-electron chi connectivity index (χ3n) is 5.54. The average molecular weight is 386 g/mol. The fourth-order valence-electron chi connectivity index (χ4n) is 3.63. The van der Waals surface area contributed by atoms with Gasteiger partial charge in [-0.25, -0.2) is 4.39 Å². The van der Waals surface area contributed by atoms with E-state index in [9.17, 15) is 9.18 Å². The van der Waals surface area contributed by atoms with Gasteiger partial charge in [0.05, 0.1) is 18.8 Å². The number of benzene rings is 1. The number of furan rings is 1. The van der Waals surface area contributed by atoms with Crippen molar-refractivity contribution >= 4 is 5.91 Å². The Labute approximate surface area is 165 Å². The number of ether oxygens (including phenoxy) is 1. The monoisotopic (exact) mass is 386 g/mol. The van der Waals surface area contributed by atoms with Gasteiger partial charge in [-0.3, -0.25) is 9.69 Å². The van der Waals surface area contributed by atoms with Crippen molar-refractivity contribution in [1.82, 2.24) is 9.80 Å². The van der Waals surface area contributed by atoms with Crippen molar-refractivity contribution in [1.29, 1.82) is 0 Å². The molecule has 1 aromatic heterocycles. The van der Waals surface area contributed by atoms with Gasteiger partial charge in [0.2, 0.25) is 0 Å². The first-order chi connectivity index (χ1) is 13.6. The summed E-state index contributed by atoms with van der Waals surface area (Å²) in [7, 11) is 0. The Kier molecular flexibility index (Phi) is 5.78. The van der Waals surface area contributed by atoms with Crippen molar-refractivity contribution in [3.63, 3.8) is 0 Å². The summed E-state index contributed by atoms with van der Waals surface area (Å²) in [5.41, 5.74) is 1.13. The zero-order chi connectivity index (χ0) is 19.5. The molecule has 1 aliphatic heterocycles. The molecule has 0 atom stereocenters. The van der Waals surface area contributed by atoms with Crippen LogP contribution in [0.1, 0.15) is 46.2 Å². The van der Waals surface area contributed by atoms with Crippen molar-refractivity contribution in [2.45, 2.75) is 32.2 Å². The number of carbonyl (C=O) groups excluding carboxylic acids is 1. The molecular weight excluding hydrogens is 359 g/mol. The van der Waals surface area contributed by atoms with E-state index in [0.29, 0.717) is 42.6 Å². The van der Waals surface area contributed by atoms with Gasteiger partial charge in [-0.2, -0.15) is 0 Å². The Hall–Kier alpha value is -2.18. The standard InChI is InChI=1S/C22H27FN2O3/c1-16-19(14-21(28-16)17-6-7-17)22(26)25(9-8-24-10-12-27-13-11-24)15-18-4-2-3-5-20(18)23/h2-5,14,17H,6-13,15H2,1H3. The zero-order valence-corrected chi connectivity index (χ0v) is 16.3. The van der Waals surface area contributed by atoms with Gasteiger partial charge < -0.3 is 14.1 Å². The maximum absolute atomic E-state index is 14.2. The van der Waals surface area contributed by atoms with Crippen LogP contribution in [-0.4, -0.2) is 55.1 Å². The molecule has 0 unspecified atom stereocenters. The molecule has 0 N–H and O–H groups in total. The van der Waals surface area contributed by atoms with Crippen LogP contribution in [0.4, 0.5) is 4.39 Å². The topological polar surface area (TPSA) is 45.9 Å². The van der Waals surface area contributed by atoms with Crippen LogP contribution in [-0.2, 0) is 11.3 Å². The molecule has 0 spiro atoms. The second-order valence-corrected chi connectivity index (χ2v) is 7.67. The second-order valence-electron chi connectivity index (χ2n) is 7.67. The van der Waals surface area contributed by atoms with Crippen molar-refractivity contribution < 1.29 is 18.3 Å². The molecule has 2 fully saturated rings. The molecule has 150 valence electrons. The van der Waals surface area contributed by atoms with E-state index >= 15 is 0 Å². The van der Waals surface area contributed by atoms with E-state index in [2.05, 4.69) is 4.90 Å². The lowest BCUT2D eigenvalue weighted by Gasteiger charge is -2.30. The summed E-state index contributed by atoms with van der Waals surface area (Å²) in [5, 5.41) is 0. The van der Waals surface area contributed by atoms with Crippen molar-refractivity contribution in [2.75, 3.05) is 39.4 Å². The molecule has 5 nitrogen and oxygen atoms in total. The van der Waals surface area contributed by atoms with Gasteiger partial charge in [-0.05, 0) is 31.9 Å². The highest BCUT2D eigenvalue weighted by molar-refractivity contribution is 5.95. The number of rotatable bonds is 7. The second kappa shape index (κ2) is 8.45. The molecule has 0 radical (unpaired) electrons. The zero-order valence-electron chi connectivity index (χ0n) is 16.3. The Morgan fingerprint density at radius 3 is 2.71 bits per heavy atom. The molecule has 1 saturated carbocycles. The smallest absolute Gasteiger partial charge is 0.257 e. The first-order valence-corrected chi connectivity index (χ1v) is 10.0. The Morgan fingerprint density at radius 1 is 1.25 bits per heavy atom. The van der Waals surface area contributed by atoms with E-state index in [1.54, 1.807) is 23.1 Å². The van der Waals surface area contributed by atoms with Gasteiger partial charge in [0.15, 0.2) is 0 Å². The lowest BCUT2D eigenvalue weighted by atomic mass is 10.1. The molecule has 2 aliphatic rings. The summed E-state index contributed by atoms with van der Waals surface area (Å²) in [5.74, 6) is 1.63. The predicted molar refractivity (Wildman–Crippen MR) is 104 cm³/mol. The Bertz CT molecular complexity index is 825. The third-order valence-corrected chi connectivity index (χ3v) is 5.54. The van der Waals surface area contributed by atoms with Crippen molar-refractivity contribution in [3.8, 4) is 0 Å². The van der Waals surface area contributed by atoms with Crippen LogP contribution in [0.2, 0.25) is 0 Å². The van der Waals surface area contributed by atoms with E-state index in [0.717, 1.165) is 38.2 Å². The largest absolute Gasteiger partial charge is 0.465 e. The fraction of sp³-hybridized carbons (Fsp3) is 0.500. The number of morpholine rings is 1. The maximum atomic E-state index is 14.2. The summed E-state index contributed by atoms with van der Waals surface area (Å²) < 4.78 is 25.5. The van der Waals surface area contributed by atoms with Gasteiger partial charge in [-0.1, -0.05) is 18.2 Å². The van der Waals surface area contributed by atoms with Crippen LogP contribution < -0.4 is 0 Å². The van der Waals surface area contributed by atoms with E-state index in [1.165, 1.54) is 6.07 Å². The molecule has 1 aromatic carbocycles. The van der Waals surface area contributed by atoms with Crippen LogP contribution in [0.15, 0.2) is 34.7 Å². The normalized spacial score (nSPS) is 17.6. The minimum Gasteiger partial charge on any atom is -0.465 e. The summed E-state index contributed by atoms with van der Waals surface area (Å²) in [6, 6.07) is 8.53. The lowest BCUT2D eigenvalue weighted by molar-refractivity contribution is 0.0319. The number of aryl methyl sites for hydroxylation is 1. The van der Waals surface area contributed by atoms with Crippen LogP contribution in [0.3, 0.4) is 0 Å². The molecular formula is C22H27FN2O3. The highest BCUT2D eigenvalue weighted by Gasteiger charge is 2.30. The first-order valence-electron chi connectivity index (χ1n) is 10.0. The van der Waals surface area contributed by atoms with E-state index in [1.807, 2.05) is 13.0 Å². The van der Waals surface area contributed by atoms with E-state index in [-0.39, 0.29) is 18.3 Å². The molecule has 28 heavy (non-hydrogen) atoms. The van der Waals surface area contributed by atoms with Gasteiger partial charge >= 0.3 is 0 Å². The Morgan fingerprint density at radius 2 is 2.00 bits per heavy atom. The average Bonchev–Trinajstić information content (AvgIpc) is 3.49. The number of amides is 1. The fourth-order valence-corrected chi connectivity index (χ4v) is 3.63. The lowest BCUT2D eigenvalue weighted by Crippen LogP contribution is -2.43. The molecule has 0 bridgehead atoms. The molecule has 1 saturated heterocycles. The predicted octanol–water partition coefficient (Wildman–Crippen LogP) is 3.58. The summed E-state index contributed by atoms with van der Waals surface area (Å²) >= 11 is 0. The van der Waals surface area contributed by atoms with Crippen LogP contribution in [0.25, 0.3) is 0 Å². The minimum atomic E-state index is -0.283. The molecule has 1 aliphatic carbocycles. The van der Waals surface area contributed by atoms with Gasteiger partial charge in [0.25, 0.3) is 5.91 Å². The summed E-state index contributed by atoms with van der Waals surface area (Å²) in [6.45, 7) is 6.52. The van der Waals surface area contributed by atoms with Crippen molar-refractivity contribution in [2.24, 2.45) is 0 Å². The summed E-state index contributed by atoms with van der Waals surface area (Å²) in [6.07, 6.45) is 2.24. The van der Waals surface area contributed by atoms with Crippen molar-refractivity contribution in [3.05, 3.63) is 58.8 Å². The molecule has 2 aromatic rings. The maximum Gasteiger partial charge on any atom is 0.257 e. The van der Waals surface area contributed by atoms with Gasteiger partial charge in [0.1, 0.15) is 17.3 Å². The minimum absolute atomic E-state index is 0.0929. The van der Waals surface area contributed by atoms with Crippen LogP contribution in [0, 0.1) is 12.7 Å². The van der Waals surface area contributed by atoms with E-state index < -0.39 is 0 Å². The number of nitrogens with zero attached hydrogens (tertiary/aromatic N) is 2. The number of halogens is 1. The van der Waals surface area contributed by atoms with Crippen LogP contribution in [0.5, 0.6) is 0 Å². The van der Waals surface area contributed by atoms with Crippen LogP contribution >= 0.6 is 0 Å². The number of hydrogen-bond donors (Lipinski definition) is 0. The first kappa shape index (κ1) is 19.2. The third kappa shape index (κ3) is 4.45. The molecule has 4 rings (SSSR count). The molecule has 1 amide bonds.